The van der Waals surface area contributed by atoms with E-state index in [4.69, 9.17) is 0 Å². The van der Waals surface area contributed by atoms with Crippen molar-refractivity contribution in [2.24, 2.45) is 5.14 Å². The van der Waals surface area contributed by atoms with E-state index in [0.29, 0.717) is 12.2 Å². The molecule has 0 aliphatic rings. The van der Waals surface area contributed by atoms with E-state index in [1.807, 2.05) is 0 Å². The highest BCUT2D eigenvalue weighted by Crippen LogP contribution is 1.87. The number of carbonyl (C=O) groups is 2. The molecule has 0 bridgehead atoms. The Morgan fingerprint density at radius 2 is 1.67 bits per heavy atom. The molecular formula is C6H10N2O8S2. The van der Waals surface area contributed by atoms with Gasteiger partial charge in [-0.3, -0.25) is 0 Å². The van der Waals surface area contributed by atoms with Crippen LogP contribution in [-0.4, -0.2) is 41.0 Å². The molecule has 0 unspecified atom stereocenters. The summed E-state index contributed by atoms with van der Waals surface area (Å²) in [6, 6.07) is 0. The second kappa shape index (κ2) is 6.44. The van der Waals surface area contributed by atoms with E-state index in [2.05, 4.69) is 14.7 Å². The lowest BCUT2D eigenvalue weighted by Gasteiger charge is -2.00. The number of sulfonamides is 2. The molecule has 0 aliphatic heterocycles. The maximum Gasteiger partial charge on any atom is 0.350 e. The molecule has 0 aromatic heterocycles. The summed E-state index contributed by atoms with van der Waals surface area (Å²) in [5.74, 6) is -3.42. The Balaban J connectivity index is 4.15. The molecule has 0 aliphatic carbocycles. The Morgan fingerprint density at radius 1 is 1.17 bits per heavy atom. The van der Waals surface area contributed by atoms with E-state index in [0.717, 1.165) is 6.26 Å². The van der Waals surface area contributed by atoms with E-state index >= 15 is 0 Å². The van der Waals surface area contributed by atoms with Crippen LogP contribution in [-0.2, 0) is 39.2 Å². The van der Waals surface area contributed by atoms with Gasteiger partial charge in [0, 0.05) is 12.2 Å². The summed E-state index contributed by atoms with van der Waals surface area (Å²) in [6.45, 7) is 0. The smallest absolute Gasteiger partial charge is 0.350 e. The molecule has 0 spiro atoms. The van der Waals surface area contributed by atoms with Gasteiger partial charge in [0.2, 0.25) is 26.0 Å². The number of nitrogens with one attached hydrogen (secondary N) is 1. The molecule has 12 heteroatoms. The highest BCUT2D eigenvalue weighted by Gasteiger charge is 2.08. The Labute approximate surface area is 103 Å². The molecule has 18 heavy (non-hydrogen) atoms. The molecule has 104 valence electrons. The van der Waals surface area contributed by atoms with E-state index in [1.165, 1.54) is 4.89 Å². The van der Waals surface area contributed by atoms with Crippen LogP contribution in [0.1, 0.15) is 0 Å². The van der Waals surface area contributed by atoms with Crippen molar-refractivity contribution in [1.82, 2.24) is 4.89 Å². The first-order chi connectivity index (χ1) is 7.99. The normalized spacial score (nSPS) is 12.3. The number of esters is 1. The predicted octanol–water partition coefficient (Wildman–Crippen LogP) is -2.66. The molecule has 0 heterocycles. The van der Waals surface area contributed by atoms with E-state index in [1.54, 1.807) is 0 Å². The third-order valence-electron chi connectivity index (χ3n) is 1.01. The second-order valence-electron chi connectivity index (χ2n) is 2.85. The molecule has 0 atom stereocenters. The maximum atomic E-state index is 10.8. The summed E-state index contributed by atoms with van der Waals surface area (Å²) in [5, 5.41) is 4.54. The zero-order valence-electron chi connectivity index (χ0n) is 9.02. The summed E-state index contributed by atoms with van der Waals surface area (Å²) in [7, 11) is -7.70. The van der Waals surface area contributed by atoms with Gasteiger partial charge in [-0.05, 0) is 4.89 Å². The number of primary sulfonamides is 1. The molecule has 0 saturated heterocycles. The van der Waals surface area contributed by atoms with Gasteiger partial charge in [-0.1, -0.05) is 0 Å². The first-order valence-corrected chi connectivity index (χ1v) is 7.63. The van der Waals surface area contributed by atoms with Gasteiger partial charge in [0.1, 0.15) is 0 Å². The molecule has 10 nitrogen and oxygen atoms in total. The molecule has 0 saturated carbocycles. The lowest BCUT2D eigenvalue weighted by atomic mass is 10.5. The van der Waals surface area contributed by atoms with Crippen molar-refractivity contribution in [3.8, 4) is 0 Å². The number of hydrogen-bond donors (Lipinski definition) is 2. The summed E-state index contributed by atoms with van der Waals surface area (Å²) in [5.41, 5.74) is 0. The molecule has 0 amide bonds. The van der Waals surface area contributed by atoms with Crippen LogP contribution in [0.3, 0.4) is 0 Å². The van der Waals surface area contributed by atoms with Gasteiger partial charge in [0.15, 0.2) is 0 Å². The van der Waals surface area contributed by atoms with Gasteiger partial charge in [-0.2, -0.15) is 0 Å². The van der Waals surface area contributed by atoms with Gasteiger partial charge in [0.25, 0.3) is 0 Å². The predicted molar refractivity (Wildman–Crippen MR) is 57.3 cm³/mol. The van der Waals surface area contributed by atoms with Crippen LogP contribution in [0.25, 0.3) is 0 Å². The van der Waals surface area contributed by atoms with Gasteiger partial charge >= 0.3 is 11.9 Å². The Morgan fingerprint density at radius 3 is 2.11 bits per heavy atom. The number of ether oxygens (including phenoxy) is 1. The zero-order valence-corrected chi connectivity index (χ0v) is 10.7. The van der Waals surface area contributed by atoms with Crippen LogP contribution >= 0.6 is 0 Å². The second-order valence-corrected chi connectivity index (χ2v) is 6.13. The van der Waals surface area contributed by atoms with Crippen molar-refractivity contribution >= 4 is 32.0 Å². The maximum absolute atomic E-state index is 10.8. The largest absolute Gasteiger partial charge is 0.445 e. The lowest BCUT2D eigenvalue weighted by molar-refractivity contribution is -0.142. The van der Waals surface area contributed by atoms with Crippen LogP contribution in [0.5, 0.6) is 0 Å². The molecular weight excluding hydrogens is 292 g/mol. The minimum absolute atomic E-state index is 0.531. The van der Waals surface area contributed by atoms with Crippen LogP contribution < -0.4 is 10.0 Å². The van der Waals surface area contributed by atoms with Crippen molar-refractivity contribution in [3.63, 3.8) is 0 Å². The van der Waals surface area contributed by atoms with E-state index in [-0.39, 0.29) is 0 Å². The van der Waals surface area contributed by atoms with Crippen LogP contribution in [0.15, 0.2) is 12.2 Å². The van der Waals surface area contributed by atoms with Crippen molar-refractivity contribution in [1.29, 1.82) is 0 Å². The molecule has 3 N–H and O–H groups in total. The SMILES string of the molecule is CS(=O)(=O)NOC(=O)/C=C/C(=O)OCS(N)(=O)=O. The number of hydrogen-bond acceptors (Lipinski definition) is 8. The van der Waals surface area contributed by atoms with Gasteiger partial charge in [0.05, 0.1) is 6.26 Å². The fraction of sp³-hybridized carbons (Fsp3) is 0.333. The summed E-state index contributed by atoms with van der Waals surface area (Å²) < 4.78 is 45.9. The van der Waals surface area contributed by atoms with E-state index in [9.17, 15) is 26.4 Å². The Hall–Kier alpha value is -1.50. The first-order valence-electron chi connectivity index (χ1n) is 4.02. The molecule has 0 aromatic carbocycles. The minimum atomic E-state index is -3.97. The van der Waals surface area contributed by atoms with Crippen LogP contribution in [0.4, 0.5) is 0 Å². The highest BCUT2D eigenvalue weighted by molar-refractivity contribution is 7.89. The van der Waals surface area contributed by atoms with Gasteiger partial charge in [-0.25, -0.2) is 31.6 Å². The number of nitrogens with two attached hydrogens (primary N) is 1. The lowest BCUT2D eigenvalue weighted by Crippen LogP contribution is -2.25. The van der Waals surface area contributed by atoms with Crippen molar-refractivity contribution in [3.05, 3.63) is 12.2 Å². The number of rotatable bonds is 6. The fourth-order valence-electron chi connectivity index (χ4n) is 0.475. The molecule has 0 fully saturated rings. The average Bonchev–Trinajstić information content (AvgIpc) is 2.18. The average molecular weight is 302 g/mol. The van der Waals surface area contributed by atoms with Gasteiger partial charge < -0.3 is 9.57 Å². The zero-order chi connectivity index (χ0) is 14.4. The summed E-state index contributed by atoms with van der Waals surface area (Å²) in [6.07, 6.45) is 1.81. The first kappa shape index (κ1) is 16.5. The fourth-order valence-corrected chi connectivity index (χ4v) is 0.989. The van der Waals surface area contributed by atoms with Gasteiger partial charge in [-0.15, -0.1) is 0 Å². The van der Waals surface area contributed by atoms with E-state index < -0.39 is 37.9 Å². The highest BCUT2D eigenvalue weighted by atomic mass is 32.2. The third kappa shape index (κ3) is 11.0. The van der Waals surface area contributed by atoms with Crippen molar-refractivity contribution in [2.45, 2.75) is 0 Å². The Bertz CT molecular complexity index is 496. The molecule has 0 aromatic rings. The minimum Gasteiger partial charge on any atom is -0.445 e. The standard InChI is InChI=1S/C6H10N2O8S2/c1-17(11,12)8-16-6(10)3-2-5(9)15-4-18(7,13)14/h2-3,8H,4H2,1H3,(H2,7,13,14)/b3-2+. The van der Waals surface area contributed by atoms with Crippen molar-refractivity contribution < 1.29 is 36.0 Å². The third-order valence-corrected chi connectivity index (χ3v) is 1.85. The van der Waals surface area contributed by atoms with Crippen molar-refractivity contribution in [2.75, 3.05) is 12.2 Å². The Kier molecular flexibility index (Phi) is 5.90. The topological polar surface area (TPSA) is 159 Å². The van der Waals surface area contributed by atoms with Crippen LogP contribution in [0, 0.1) is 0 Å². The quantitative estimate of drug-likeness (QED) is 0.305. The van der Waals surface area contributed by atoms with Crippen LogP contribution in [0.2, 0.25) is 0 Å². The number of carbonyl (C=O) groups excluding carboxylic acids is 2. The monoisotopic (exact) mass is 302 g/mol. The summed E-state index contributed by atoms with van der Waals surface area (Å²) >= 11 is 0. The molecule has 0 rings (SSSR count). The molecule has 0 radical (unpaired) electrons. The summed E-state index contributed by atoms with van der Waals surface area (Å²) in [4.78, 5) is 27.0.